The maximum Gasteiger partial charge on any atom is 0.417 e. The fourth-order valence-electron chi connectivity index (χ4n) is 2.48. The fourth-order valence-corrected chi connectivity index (χ4v) is 4.80. The highest BCUT2D eigenvalue weighted by atomic mass is 35.5. The summed E-state index contributed by atoms with van der Waals surface area (Å²) >= 11 is 5.52. The van der Waals surface area contributed by atoms with E-state index in [2.05, 4.69) is 5.32 Å². The molecule has 1 amide bonds. The Kier molecular flexibility index (Phi) is 5.01. The molecule has 132 valence electrons. The van der Waals surface area contributed by atoms with Gasteiger partial charge in [-0.1, -0.05) is 17.7 Å². The van der Waals surface area contributed by atoms with Crippen LogP contribution in [-0.4, -0.2) is 31.4 Å². The summed E-state index contributed by atoms with van der Waals surface area (Å²) < 4.78 is 61.3. The molecule has 1 aliphatic heterocycles. The predicted molar refractivity (Wildman–Crippen MR) is 85.3 cm³/mol. The predicted octanol–water partition coefficient (Wildman–Crippen LogP) is 3.07. The first kappa shape index (κ1) is 18.8. The molecule has 2 rings (SSSR count). The SMILES string of the molecule is CC1(NC(=O)/C=C/c2ccc(Cl)c(C(F)(F)F)c2)CCS(=O)(=O)C1. The second-order valence-corrected chi connectivity index (χ2v) is 8.55. The average molecular weight is 382 g/mol. The van der Waals surface area contributed by atoms with Crippen molar-refractivity contribution < 1.29 is 26.4 Å². The Bertz CT molecular complexity index is 790. The van der Waals surface area contributed by atoms with Crippen LogP contribution in [0.5, 0.6) is 0 Å². The number of hydrogen-bond donors (Lipinski definition) is 1. The number of carbonyl (C=O) groups excluding carboxylic acids is 1. The van der Waals surface area contributed by atoms with Crippen LogP contribution in [0.1, 0.15) is 24.5 Å². The largest absolute Gasteiger partial charge is 0.417 e. The monoisotopic (exact) mass is 381 g/mol. The van der Waals surface area contributed by atoms with Crippen LogP contribution >= 0.6 is 11.6 Å². The minimum absolute atomic E-state index is 0.000376. The Morgan fingerprint density at radius 3 is 2.58 bits per heavy atom. The topological polar surface area (TPSA) is 63.2 Å². The summed E-state index contributed by atoms with van der Waals surface area (Å²) in [7, 11) is -3.17. The third kappa shape index (κ3) is 4.73. The maximum absolute atomic E-state index is 12.8. The van der Waals surface area contributed by atoms with E-state index >= 15 is 0 Å². The van der Waals surface area contributed by atoms with Gasteiger partial charge in [0.1, 0.15) is 0 Å². The van der Waals surface area contributed by atoms with Gasteiger partial charge < -0.3 is 5.32 Å². The van der Waals surface area contributed by atoms with Gasteiger partial charge in [-0.3, -0.25) is 4.79 Å². The van der Waals surface area contributed by atoms with Crippen molar-refractivity contribution in [1.29, 1.82) is 0 Å². The molecule has 1 aliphatic rings. The quantitative estimate of drug-likeness (QED) is 0.818. The molecule has 4 nitrogen and oxygen atoms in total. The molecule has 1 aromatic carbocycles. The summed E-state index contributed by atoms with van der Waals surface area (Å²) in [6.45, 7) is 1.62. The molecular weight excluding hydrogens is 367 g/mol. The Morgan fingerprint density at radius 2 is 2.04 bits per heavy atom. The van der Waals surface area contributed by atoms with Crippen LogP contribution < -0.4 is 5.32 Å². The smallest absolute Gasteiger partial charge is 0.346 e. The van der Waals surface area contributed by atoms with Gasteiger partial charge in [0.2, 0.25) is 5.91 Å². The highest BCUT2D eigenvalue weighted by Crippen LogP contribution is 2.35. The summed E-state index contributed by atoms with van der Waals surface area (Å²) in [5.41, 5.74) is -1.69. The van der Waals surface area contributed by atoms with Crippen molar-refractivity contribution in [2.24, 2.45) is 0 Å². The Hall–Kier alpha value is -1.54. The van der Waals surface area contributed by atoms with Gasteiger partial charge >= 0.3 is 6.18 Å². The summed E-state index contributed by atoms with van der Waals surface area (Å²) in [5.74, 6) is -0.726. The molecule has 0 aromatic heterocycles. The first-order chi connectivity index (χ1) is 10.9. The molecule has 1 unspecified atom stereocenters. The fraction of sp³-hybridized carbons (Fsp3) is 0.400. The number of benzene rings is 1. The van der Waals surface area contributed by atoms with Gasteiger partial charge in [-0.2, -0.15) is 13.2 Å². The number of amides is 1. The van der Waals surface area contributed by atoms with Crippen LogP contribution in [0, 0.1) is 0 Å². The zero-order chi connectivity index (χ0) is 18.2. The summed E-state index contributed by atoms with van der Waals surface area (Å²) in [5, 5.41) is 2.16. The minimum Gasteiger partial charge on any atom is -0.346 e. The molecule has 0 bridgehead atoms. The normalized spacial score (nSPS) is 23.5. The lowest BCUT2D eigenvalue weighted by Crippen LogP contribution is -2.46. The lowest BCUT2D eigenvalue weighted by Gasteiger charge is -2.22. The van der Waals surface area contributed by atoms with E-state index in [4.69, 9.17) is 11.6 Å². The van der Waals surface area contributed by atoms with Crippen molar-refractivity contribution in [2.75, 3.05) is 11.5 Å². The number of nitrogens with one attached hydrogen (secondary N) is 1. The van der Waals surface area contributed by atoms with Crippen molar-refractivity contribution in [2.45, 2.75) is 25.1 Å². The van der Waals surface area contributed by atoms with Crippen LogP contribution in [0.3, 0.4) is 0 Å². The standard InChI is InChI=1S/C15H15ClF3NO3S/c1-14(6-7-24(22,23)9-14)20-13(21)5-3-10-2-4-12(16)11(8-10)15(17,18)19/h2-5,8H,6-7,9H2,1H3,(H,20,21)/b5-3+. The third-order valence-corrected chi connectivity index (χ3v) is 5.88. The first-order valence-electron chi connectivity index (χ1n) is 6.98. The Morgan fingerprint density at radius 1 is 1.38 bits per heavy atom. The van der Waals surface area contributed by atoms with E-state index in [0.29, 0.717) is 6.42 Å². The lowest BCUT2D eigenvalue weighted by molar-refractivity contribution is -0.137. The van der Waals surface area contributed by atoms with Crippen LogP contribution in [0.4, 0.5) is 13.2 Å². The van der Waals surface area contributed by atoms with E-state index in [1.807, 2.05) is 0 Å². The van der Waals surface area contributed by atoms with Crippen molar-refractivity contribution in [3.8, 4) is 0 Å². The number of carbonyl (C=O) groups is 1. The number of rotatable bonds is 3. The molecule has 1 saturated heterocycles. The molecular formula is C15H15ClF3NO3S. The molecule has 0 radical (unpaired) electrons. The number of hydrogen-bond acceptors (Lipinski definition) is 3. The van der Waals surface area contributed by atoms with Crippen molar-refractivity contribution in [3.05, 3.63) is 40.4 Å². The van der Waals surface area contributed by atoms with E-state index in [9.17, 15) is 26.4 Å². The highest BCUT2D eigenvalue weighted by molar-refractivity contribution is 7.91. The van der Waals surface area contributed by atoms with Gasteiger partial charge in [-0.25, -0.2) is 8.42 Å². The molecule has 1 fully saturated rings. The van der Waals surface area contributed by atoms with E-state index < -0.39 is 38.0 Å². The summed E-state index contributed by atoms with van der Waals surface area (Å²) in [4.78, 5) is 11.9. The van der Waals surface area contributed by atoms with Gasteiger partial charge in [0.25, 0.3) is 0 Å². The van der Waals surface area contributed by atoms with Gasteiger partial charge in [-0.15, -0.1) is 0 Å². The Balaban J connectivity index is 2.10. The summed E-state index contributed by atoms with van der Waals surface area (Å²) in [6.07, 6.45) is -2.00. The van der Waals surface area contributed by atoms with E-state index in [1.54, 1.807) is 6.92 Å². The molecule has 24 heavy (non-hydrogen) atoms. The number of alkyl halides is 3. The molecule has 1 heterocycles. The minimum atomic E-state index is -4.59. The van der Waals surface area contributed by atoms with Crippen LogP contribution in [-0.2, 0) is 20.8 Å². The molecule has 0 saturated carbocycles. The second-order valence-electron chi connectivity index (χ2n) is 5.96. The zero-order valence-electron chi connectivity index (χ0n) is 12.7. The highest BCUT2D eigenvalue weighted by Gasteiger charge is 2.39. The van der Waals surface area contributed by atoms with Gasteiger partial charge in [-0.05, 0) is 37.1 Å². The molecule has 0 aliphatic carbocycles. The first-order valence-corrected chi connectivity index (χ1v) is 9.18. The zero-order valence-corrected chi connectivity index (χ0v) is 14.2. The summed E-state index contributed by atoms with van der Waals surface area (Å²) in [6, 6.07) is 3.30. The van der Waals surface area contributed by atoms with Crippen LogP contribution in [0.25, 0.3) is 6.08 Å². The van der Waals surface area contributed by atoms with E-state index in [1.165, 1.54) is 12.1 Å². The molecule has 1 atom stereocenters. The van der Waals surface area contributed by atoms with Crippen molar-refractivity contribution in [3.63, 3.8) is 0 Å². The van der Waals surface area contributed by atoms with Crippen LogP contribution in [0.2, 0.25) is 5.02 Å². The maximum atomic E-state index is 12.8. The third-order valence-electron chi connectivity index (χ3n) is 3.65. The molecule has 9 heteroatoms. The van der Waals surface area contributed by atoms with Crippen LogP contribution in [0.15, 0.2) is 24.3 Å². The Labute approximate surface area is 142 Å². The average Bonchev–Trinajstić information content (AvgIpc) is 2.70. The molecule has 0 spiro atoms. The van der Waals surface area contributed by atoms with Crippen molar-refractivity contribution >= 4 is 33.4 Å². The van der Waals surface area contributed by atoms with Gasteiger partial charge in [0.05, 0.1) is 27.6 Å². The number of halogens is 4. The van der Waals surface area contributed by atoms with E-state index in [0.717, 1.165) is 18.2 Å². The molecule has 1 aromatic rings. The van der Waals surface area contributed by atoms with Gasteiger partial charge in [0, 0.05) is 6.08 Å². The van der Waals surface area contributed by atoms with Crippen molar-refractivity contribution in [1.82, 2.24) is 5.32 Å². The molecule has 1 N–H and O–H groups in total. The number of sulfone groups is 1. The lowest BCUT2D eigenvalue weighted by atomic mass is 10.0. The van der Waals surface area contributed by atoms with E-state index in [-0.39, 0.29) is 17.1 Å². The van der Waals surface area contributed by atoms with Gasteiger partial charge in [0.15, 0.2) is 9.84 Å². The second kappa shape index (κ2) is 6.40.